The Morgan fingerprint density at radius 3 is 2.80 bits per heavy atom. The maximum absolute atomic E-state index is 12.0. The highest BCUT2D eigenvalue weighted by atomic mass is 19.4. The van der Waals surface area contributed by atoms with Crippen LogP contribution < -0.4 is 21.1 Å². The topological polar surface area (TPSA) is 93.4 Å². The molecule has 0 radical (unpaired) electrons. The quantitative estimate of drug-likeness (QED) is 0.679. The highest BCUT2D eigenvalue weighted by molar-refractivity contribution is 5.97. The van der Waals surface area contributed by atoms with Gasteiger partial charge in [-0.3, -0.25) is 9.59 Å². The zero-order valence-corrected chi connectivity index (χ0v) is 13.7. The number of hydrogen-bond donors (Lipinski definition) is 3. The smallest absolute Gasteiger partial charge is 0.471 e. The molecule has 0 aliphatic carbocycles. The van der Waals surface area contributed by atoms with E-state index in [1.165, 1.54) is 0 Å². The fourth-order valence-electron chi connectivity index (χ4n) is 2.42. The predicted octanol–water partition coefficient (Wildman–Crippen LogP) is 2.25. The summed E-state index contributed by atoms with van der Waals surface area (Å²) in [5, 5.41) is 4.55. The third-order valence-corrected chi connectivity index (χ3v) is 3.85. The lowest BCUT2D eigenvalue weighted by molar-refractivity contribution is -0.173. The highest BCUT2D eigenvalue weighted by Gasteiger charge is 2.38. The number of alkyl halides is 3. The predicted molar refractivity (Wildman–Crippen MR) is 85.0 cm³/mol. The molecular formula is C16H20F3N3O3. The number of ether oxygens (including phenoxy) is 1. The molecule has 1 heterocycles. The molecule has 1 aliphatic heterocycles. The van der Waals surface area contributed by atoms with Crippen LogP contribution in [-0.4, -0.2) is 30.6 Å². The lowest BCUT2D eigenvalue weighted by Gasteiger charge is -2.24. The molecule has 2 rings (SSSR count). The average Bonchev–Trinajstić information content (AvgIpc) is 2.54. The molecule has 0 saturated carbocycles. The van der Waals surface area contributed by atoms with E-state index in [2.05, 4.69) is 5.32 Å². The van der Waals surface area contributed by atoms with Gasteiger partial charge in [-0.05, 0) is 43.9 Å². The standard InChI is InChI=1S/C16H20F3N3O3/c1-9-14(23)22-12-8-10(5-6-13(12)25-9)11(20)4-2-3-7-21-15(24)16(17,18)19/h5-6,8-9,11H,2-4,7,20H2,1H3,(H,21,24)(H,22,23). The molecule has 0 spiro atoms. The van der Waals surface area contributed by atoms with Crippen molar-refractivity contribution in [2.24, 2.45) is 5.73 Å². The van der Waals surface area contributed by atoms with E-state index in [1.807, 2.05) is 5.32 Å². The van der Waals surface area contributed by atoms with E-state index in [9.17, 15) is 22.8 Å². The van der Waals surface area contributed by atoms with Crippen LogP contribution >= 0.6 is 0 Å². The Morgan fingerprint density at radius 1 is 1.40 bits per heavy atom. The van der Waals surface area contributed by atoms with Crippen LogP contribution in [0.3, 0.4) is 0 Å². The molecule has 2 atom stereocenters. The average molecular weight is 359 g/mol. The number of hydrogen-bond acceptors (Lipinski definition) is 4. The molecule has 4 N–H and O–H groups in total. The Kier molecular flexibility index (Phi) is 5.89. The second-order valence-corrected chi connectivity index (χ2v) is 5.86. The normalized spacial score (nSPS) is 18.0. The summed E-state index contributed by atoms with van der Waals surface area (Å²) in [5.74, 6) is -1.60. The first-order valence-electron chi connectivity index (χ1n) is 7.90. The SMILES string of the molecule is CC1Oc2ccc(C(N)CCCCNC(=O)C(F)(F)F)cc2NC1=O. The van der Waals surface area contributed by atoms with Crippen LogP contribution in [0.1, 0.15) is 37.8 Å². The van der Waals surface area contributed by atoms with Gasteiger partial charge in [-0.1, -0.05) is 6.07 Å². The third-order valence-electron chi connectivity index (χ3n) is 3.85. The van der Waals surface area contributed by atoms with Crippen LogP contribution in [0.15, 0.2) is 18.2 Å². The first-order valence-corrected chi connectivity index (χ1v) is 7.90. The van der Waals surface area contributed by atoms with E-state index in [0.717, 1.165) is 5.56 Å². The second kappa shape index (κ2) is 7.73. The number of anilines is 1. The number of rotatable bonds is 6. The molecule has 0 saturated heterocycles. The largest absolute Gasteiger partial charge is 0.479 e. The highest BCUT2D eigenvalue weighted by Crippen LogP contribution is 2.32. The van der Waals surface area contributed by atoms with Gasteiger partial charge >= 0.3 is 12.1 Å². The first-order chi connectivity index (χ1) is 11.7. The lowest BCUT2D eigenvalue weighted by Crippen LogP contribution is -2.37. The van der Waals surface area contributed by atoms with Gasteiger partial charge in [0.1, 0.15) is 5.75 Å². The number of fused-ring (bicyclic) bond motifs is 1. The number of unbranched alkanes of at least 4 members (excludes halogenated alkanes) is 1. The molecule has 9 heteroatoms. The van der Waals surface area contributed by atoms with Crippen molar-refractivity contribution in [3.63, 3.8) is 0 Å². The zero-order chi connectivity index (χ0) is 18.6. The Bertz CT molecular complexity index is 649. The van der Waals surface area contributed by atoms with Gasteiger partial charge in [-0.15, -0.1) is 0 Å². The molecule has 2 amide bonds. The van der Waals surface area contributed by atoms with E-state index < -0.39 is 18.2 Å². The van der Waals surface area contributed by atoms with Crippen molar-refractivity contribution in [1.82, 2.24) is 5.32 Å². The zero-order valence-electron chi connectivity index (χ0n) is 13.7. The van der Waals surface area contributed by atoms with Crippen molar-refractivity contribution >= 4 is 17.5 Å². The van der Waals surface area contributed by atoms with E-state index >= 15 is 0 Å². The van der Waals surface area contributed by atoms with Crippen molar-refractivity contribution in [2.45, 2.75) is 44.5 Å². The molecule has 0 aromatic heterocycles. The van der Waals surface area contributed by atoms with Crippen molar-refractivity contribution in [1.29, 1.82) is 0 Å². The van der Waals surface area contributed by atoms with E-state index in [-0.39, 0.29) is 18.5 Å². The molecule has 2 unspecified atom stereocenters. The summed E-state index contributed by atoms with van der Waals surface area (Å²) in [7, 11) is 0. The molecular weight excluding hydrogens is 339 g/mol. The first kappa shape index (κ1) is 19.0. The number of carbonyl (C=O) groups is 2. The number of carbonyl (C=O) groups excluding carboxylic acids is 2. The summed E-state index contributed by atoms with van der Waals surface area (Å²) in [6.45, 7) is 1.59. The van der Waals surface area contributed by atoms with Crippen molar-refractivity contribution in [3.05, 3.63) is 23.8 Å². The van der Waals surface area contributed by atoms with Gasteiger partial charge in [-0.2, -0.15) is 13.2 Å². The Labute approximate surface area is 142 Å². The number of nitrogens with two attached hydrogens (primary N) is 1. The molecule has 0 fully saturated rings. The van der Waals surface area contributed by atoms with Crippen LogP contribution in [0.5, 0.6) is 5.75 Å². The molecule has 1 aliphatic rings. The number of benzene rings is 1. The van der Waals surface area contributed by atoms with Gasteiger partial charge in [0, 0.05) is 12.6 Å². The number of halogens is 3. The molecule has 25 heavy (non-hydrogen) atoms. The van der Waals surface area contributed by atoms with Crippen molar-refractivity contribution < 1.29 is 27.5 Å². The second-order valence-electron chi connectivity index (χ2n) is 5.86. The molecule has 0 bridgehead atoms. The minimum absolute atomic E-state index is 0.0585. The van der Waals surface area contributed by atoms with Crippen LogP contribution in [-0.2, 0) is 9.59 Å². The van der Waals surface area contributed by atoms with Gasteiger partial charge in [0.25, 0.3) is 5.91 Å². The summed E-state index contributed by atoms with van der Waals surface area (Å²) in [4.78, 5) is 22.3. The molecule has 138 valence electrons. The Hall–Kier alpha value is -2.29. The minimum Gasteiger partial charge on any atom is -0.479 e. The van der Waals surface area contributed by atoms with Crippen LogP contribution in [0.2, 0.25) is 0 Å². The minimum atomic E-state index is -4.86. The van der Waals surface area contributed by atoms with E-state index in [1.54, 1.807) is 25.1 Å². The fourth-order valence-corrected chi connectivity index (χ4v) is 2.42. The van der Waals surface area contributed by atoms with Crippen LogP contribution in [0, 0.1) is 0 Å². The summed E-state index contributed by atoms with van der Waals surface area (Å²) < 4.78 is 41.5. The third kappa shape index (κ3) is 5.09. The monoisotopic (exact) mass is 359 g/mol. The number of amides is 2. The molecule has 6 nitrogen and oxygen atoms in total. The summed E-state index contributed by atoms with van der Waals surface area (Å²) in [6.07, 6.45) is -3.94. The van der Waals surface area contributed by atoms with Gasteiger partial charge in [-0.25, -0.2) is 0 Å². The van der Waals surface area contributed by atoms with Crippen molar-refractivity contribution in [3.8, 4) is 5.75 Å². The number of nitrogens with one attached hydrogen (secondary N) is 2. The fraction of sp³-hybridized carbons (Fsp3) is 0.500. The molecule has 1 aromatic rings. The van der Waals surface area contributed by atoms with E-state index in [0.29, 0.717) is 30.7 Å². The Morgan fingerprint density at radius 2 is 2.12 bits per heavy atom. The van der Waals surface area contributed by atoms with Crippen LogP contribution in [0.25, 0.3) is 0 Å². The van der Waals surface area contributed by atoms with Gasteiger partial charge in [0.05, 0.1) is 5.69 Å². The maximum Gasteiger partial charge on any atom is 0.471 e. The maximum atomic E-state index is 12.0. The summed E-state index contributed by atoms with van der Waals surface area (Å²) in [6, 6.07) is 4.91. The van der Waals surface area contributed by atoms with Gasteiger partial charge in [0.2, 0.25) is 0 Å². The molecule has 1 aromatic carbocycles. The van der Waals surface area contributed by atoms with Crippen LogP contribution in [0.4, 0.5) is 18.9 Å². The summed E-state index contributed by atoms with van der Waals surface area (Å²) >= 11 is 0. The summed E-state index contributed by atoms with van der Waals surface area (Å²) in [5.41, 5.74) is 7.42. The Balaban J connectivity index is 1.80. The lowest BCUT2D eigenvalue weighted by atomic mass is 10.0. The van der Waals surface area contributed by atoms with E-state index in [4.69, 9.17) is 10.5 Å². The van der Waals surface area contributed by atoms with Gasteiger partial charge in [0.15, 0.2) is 6.10 Å². The van der Waals surface area contributed by atoms with Crippen molar-refractivity contribution in [2.75, 3.05) is 11.9 Å². The van der Waals surface area contributed by atoms with Gasteiger partial charge < -0.3 is 21.1 Å².